The van der Waals surface area contributed by atoms with Gasteiger partial charge in [0.25, 0.3) is 0 Å². The third-order valence-electron chi connectivity index (χ3n) is 4.24. The molecule has 0 aliphatic carbocycles. The summed E-state index contributed by atoms with van der Waals surface area (Å²) in [5.41, 5.74) is 0.288. The van der Waals surface area contributed by atoms with Crippen LogP contribution in [0.3, 0.4) is 0 Å². The first-order chi connectivity index (χ1) is 12.0. The molecule has 0 unspecified atom stereocenters. The van der Waals surface area contributed by atoms with Gasteiger partial charge in [0.15, 0.2) is 0 Å². The molecule has 7 heteroatoms. The molecule has 0 radical (unpaired) electrons. The van der Waals surface area contributed by atoms with Crippen molar-refractivity contribution >= 4 is 17.7 Å². The van der Waals surface area contributed by atoms with Crippen LogP contribution in [-0.4, -0.2) is 29.7 Å². The van der Waals surface area contributed by atoms with Crippen molar-refractivity contribution in [2.45, 2.75) is 24.9 Å². The van der Waals surface area contributed by atoms with Crippen LogP contribution < -0.4 is 0 Å². The number of thioether (sulfide) groups is 1. The summed E-state index contributed by atoms with van der Waals surface area (Å²) in [6.45, 7) is 0. The van der Waals surface area contributed by atoms with Crippen molar-refractivity contribution in [3.05, 3.63) is 58.8 Å². The number of aliphatic hydroxyl groups is 1. The molecule has 0 bridgehead atoms. The van der Waals surface area contributed by atoms with Gasteiger partial charge >= 0.3 is 5.97 Å². The van der Waals surface area contributed by atoms with Gasteiger partial charge in [-0.3, -0.25) is 4.89 Å². The minimum absolute atomic E-state index is 0.00664. The molecule has 0 saturated carbocycles. The Hall–Kier alpha value is -1.83. The van der Waals surface area contributed by atoms with Crippen LogP contribution in [0, 0.1) is 5.82 Å². The molecule has 0 spiro atoms. The highest BCUT2D eigenvalue weighted by Gasteiger charge is 2.37. The van der Waals surface area contributed by atoms with Crippen molar-refractivity contribution in [2.24, 2.45) is 0 Å². The molecule has 1 aliphatic rings. The largest absolute Gasteiger partial charge is 0.451 e. The van der Waals surface area contributed by atoms with E-state index in [1.54, 1.807) is 30.0 Å². The van der Waals surface area contributed by atoms with Crippen molar-refractivity contribution in [2.75, 3.05) is 18.6 Å². The zero-order chi connectivity index (χ0) is 17.9. The summed E-state index contributed by atoms with van der Waals surface area (Å²) in [7, 11) is 1.23. The highest BCUT2D eigenvalue weighted by Crippen LogP contribution is 2.38. The maximum Gasteiger partial charge on any atom is 0.408 e. The second-order valence-electron chi connectivity index (χ2n) is 5.95. The van der Waals surface area contributed by atoms with Crippen LogP contribution in [0.4, 0.5) is 4.39 Å². The maximum atomic E-state index is 13.1. The molecule has 1 aliphatic heterocycles. The van der Waals surface area contributed by atoms with Crippen molar-refractivity contribution in [1.29, 1.82) is 0 Å². The lowest BCUT2D eigenvalue weighted by Crippen LogP contribution is -2.30. The van der Waals surface area contributed by atoms with Gasteiger partial charge in [0.2, 0.25) is 5.76 Å². The number of furan rings is 1. The minimum atomic E-state index is -1.09. The first-order valence-corrected chi connectivity index (χ1v) is 9.10. The Morgan fingerprint density at radius 1 is 1.32 bits per heavy atom. The quantitative estimate of drug-likeness (QED) is 0.646. The molecule has 25 heavy (non-hydrogen) atoms. The van der Waals surface area contributed by atoms with Crippen molar-refractivity contribution in [3.8, 4) is 0 Å². The van der Waals surface area contributed by atoms with Crippen LogP contribution in [0.2, 0.25) is 0 Å². The fourth-order valence-electron chi connectivity index (χ4n) is 2.85. The van der Waals surface area contributed by atoms with Crippen molar-refractivity contribution in [3.63, 3.8) is 0 Å². The molecule has 3 rings (SSSR count). The predicted octanol–water partition coefficient (Wildman–Crippen LogP) is 3.44. The van der Waals surface area contributed by atoms with E-state index in [-0.39, 0.29) is 11.6 Å². The number of carbonyl (C=O) groups is 1. The van der Waals surface area contributed by atoms with Gasteiger partial charge < -0.3 is 9.52 Å². The van der Waals surface area contributed by atoms with Crippen LogP contribution in [0.25, 0.3) is 0 Å². The number of rotatable bonds is 5. The SMILES string of the molecule is COOC(=O)c1oc(C2(O)CCSCC2)cc1Cc1ccc(F)cc1. The molecule has 1 fully saturated rings. The van der Waals surface area contributed by atoms with E-state index < -0.39 is 11.6 Å². The smallest absolute Gasteiger partial charge is 0.408 e. The van der Waals surface area contributed by atoms with E-state index >= 15 is 0 Å². The van der Waals surface area contributed by atoms with Gasteiger partial charge in [-0.15, -0.1) is 0 Å². The monoisotopic (exact) mass is 366 g/mol. The van der Waals surface area contributed by atoms with Gasteiger partial charge in [0, 0.05) is 12.0 Å². The fourth-order valence-corrected chi connectivity index (χ4v) is 4.02. The van der Waals surface area contributed by atoms with E-state index in [0.717, 1.165) is 17.1 Å². The number of carbonyl (C=O) groups excluding carboxylic acids is 1. The molecular weight excluding hydrogens is 347 g/mol. The van der Waals surface area contributed by atoms with Crippen LogP contribution >= 0.6 is 11.8 Å². The lowest BCUT2D eigenvalue weighted by Gasteiger charge is -2.29. The van der Waals surface area contributed by atoms with Crippen molar-refractivity contribution in [1.82, 2.24) is 0 Å². The Labute approximate surface area is 149 Å². The fraction of sp³-hybridized carbons (Fsp3) is 0.389. The van der Waals surface area contributed by atoms with Gasteiger partial charge in [0.05, 0.1) is 7.11 Å². The average Bonchev–Trinajstić information content (AvgIpc) is 3.03. The molecule has 1 aromatic carbocycles. The average molecular weight is 366 g/mol. The number of hydrogen-bond donors (Lipinski definition) is 1. The Morgan fingerprint density at radius 3 is 2.64 bits per heavy atom. The predicted molar refractivity (Wildman–Crippen MR) is 90.8 cm³/mol. The summed E-state index contributed by atoms with van der Waals surface area (Å²) in [4.78, 5) is 21.1. The van der Waals surface area contributed by atoms with E-state index in [2.05, 4.69) is 9.78 Å². The number of benzene rings is 1. The lowest BCUT2D eigenvalue weighted by atomic mass is 9.93. The van der Waals surface area contributed by atoms with E-state index in [1.165, 1.54) is 19.2 Å². The number of hydrogen-bond acceptors (Lipinski definition) is 6. The first kappa shape index (κ1) is 18.0. The molecule has 0 atom stereocenters. The number of halogens is 1. The van der Waals surface area contributed by atoms with Gasteiger partial charge in [-0.05, 0) is 48.1 Å². The second-order valence-corrected chi connectivity index (χ2v) is 7.17. The normalized spacial score (nSPS) is 16.6. The summed E-state index contributed by atoms with van der Waals surface area (Å²) in [6.07, 6.45) is 1.46. The highest BCUT2D eigenvalue weighted by atomic mass is 32.2. The molecule has 2 heterocycles. The highest BCUT2D eigenvalue weighted by molar-refractivity contribution is 7.99. The van der Waals surface area contributed by atoms with Gasteiger partial charge in [-0.25, -0.2) is 9.18 Å². The summed E-state index contributed by atoms with van der Waals surface area (Å²) < 4.78 is 18.8. The molecule has 1 aromatic heterocycles. The lowest BCUT2D eigenvalue weighted by molar-refractivity contribution is -0.217. The molecule has 0 amide bonds. The van der Waals surface area contributed by atoms with Crippen molar-refractivity contribution < 1.29 is 28.5 Å². The first-order valence-electron chi connectivity index (χ1n) is 7.94. The molecule has 2 aromatic rings. The van der Waals surface area contributed by atoms with Crippen LogP contribution in [0.15, 0.2) is 34.7 Å². The van der Waals surface area contributed by atoms with Crippen LogP contribution in [-0.2, 0) is 21.8 Å². The summed E-state index contributed by atoms with van der Waals surface area (Å²) in [6, 6.07) is 7.68. The zero-order valence-corrected chi connectivity index (χ0v) is 14.6. The Bertz CT molecular complexity index is 734. The second kappa shape index (κ2) is 7.59. The summed E-state index contributed by atoms with van der Waals surface area (Å²) in [5.74, 6) is 0.898. The van der Waals surface area contributed by atoms with Gasteiger partial charge in [-0.2, -0.15) is 16.6 Å². The standard InChI is InChI=1S/C18H19FO5S/c1-22-24-17(20)16-13(10-12-2-4-14(19)5-3-12)11-15(23-16)18(21)6-8-25-9-7-18/h2-5,11,21H,6-10H2,1H3. The molecule has 134 valence electrons. The Kier molecular flexibility index (Phi) is 5.46. The van der Waals surface area contributed by atoms with E-state index in [1.807, 2.05) is 0 Å². The molecule has 5 nitrogen and oxygen atoms in total. The topological polar surface area (TPSA) is 68.9 Å². The van der Waals surface area contributed by atoms with Gasteiger partial charge in [0.1, 0.15) is 17.2 Å². The zero-order valence-electron chi connectivity index (χ0n) is 13.8. The summed E-state index contributed by atoms with van der Waals surface area (Å²) in [5, 5.41) is 10.9. The van der Waals surface area contributed by atoms with E-state index in [4.69, 9.17) is 4.42 Å². The Balaban J connectivity index is 1.93. The molecular formula is C18H19FO5S. The van der Waals surface area contributed by atoms with Crippen LogP contribution in [0.1, 0.15) is 40.3 Å². The van der Waals surface area contributed by atoms with Gasteiger partial charge in [-0.1, -0.05) is 12.1 Å². The summed E-state index contributed by atoms with van der Waals surface area (Å²) >= 11 is 1.77. The van der Waals surface area contributed by atoms with Crippen LogP contribution in [0.5, 0.6) is 0 Å². The third kappa shape index (κ3) is 4.05. The molecule has 1 N–H and O–H groups in total. The van der Waals surface area contributed by atoms with E-state index in [9.17, 15) is 14.3 Å². The van der Waals surface area contributed by atoms with E-state index in [0.29, 0.717) is 30.6 Å². The molecule has 1 saturated heterocycles. The maximum absolute atomic E-state index is 13.1. The Morgan fingerprint density at radius 2 is 2.00 bits per heavy atom. The minimum Gasteiger partial charge on any atom is -0.451 e. The third-order valence-corrected chi connectivity index (χ3v) is 5.23.